The fourth-order valence-corrected chi connectivity index (χ4v) is 2.14. The van der Waals surface area contributed by atoms with Crippen molar-refractivity contribution in [3.63, 3.8) is 0 Å². The lowest BCUT2D eigenvalue weighted by Gasteiger charge is -2.00. The van der Waals surface area contributed by atoms with Crippen LogP contribution in [0.4, 0.5) is 5.69 Å². The maximum absolute atomic E-state index is 12.0. The van der Waals surface area contributed by atoms with E-state index in [1.807, 2.05) is 0 Å². The highest BCUT2D eigenvalue weighted by Crippen LogP contribution is 2.19. The van der Waals surface area contributed by atoms with Crippen molar-refractivity contribution in [1.82, 2.24) is 9.55 Å². The lowest BCUT2D eigenvalue weighted by Crippen LogP contribution is -2.29. The number of nitro benzene ring substituents is 1. The molecule has 0 fully saturated rings. The summed E-state index contributed by atoms with van der Waals surface area (Å²) in [4.78, 5) is 25.0. The van der Waals surface area contributed by atoms with Crippen molar-refractivity contribution < 1.29 is 9.32 Å². The maximum atomic E-state index is 12.0. The third kappa shape index (κ3) is 1.85. The number of fused-ring (bicyclic) bond motifs is 1. The van der Waals surface area contributed by atoms with Gasteiger partial charge in [-0.25, -0.2) is 4.57 Å². The number of aromatic amines is 1. The molecule has 0 bridgehead atoms. The van der Waals surface area contributed by atoms with Crippen molar-refractivity contribution in [2.45, 2.75) is 0 Å². The molecule has 0 aliphatic carbocycles. The number of nitrogens with zero attached hydrogens (tertiary/aromatic N) is 3. The number of nitro groups is 1. The molecule has 3 aromatic rings. The van der Waals surface area contributed by atoms with Crippen LogP contribution < -0.4 is 9.96 Å². The third-order valence-corrected chi connectivity index (χ3v) is 3.14. The SMILES string of the molecule is Cn1cc[n+]2cc(-c3ccc([N+](=O)[O-])cc3)[nH]c(=O)c12. The number of hydrogen-bond acceptors (Lipinski definition) is 3. The molecule has 0 spiro atoms. The molecule has 7 heteroatoms. The minimum Gasteiger partial charge on any atom is -0.312 e. The first kappa shape index (κ1) is 12.1. The van der Waals surface area contributed by atoms with Crippen molar-refractivity contribution in [2.24, 2.45) is 7.05 Å². The van der Waals surface area contributed by atoms with Crippen LogP contribution in [0.5, 0.6) is 0 Å². The molecule has 0 unspecified atom stereocenters. The van der Waals surface area contributed by atoms with Gasteiger partial charge in [0.05, 0.1) is 17.7 Å². The summed E-state index contributed by atoms with van der Waals surface area (Å²) in [6, 6.07) is 6.04. The van der Waals surface area contributed by atoms with Gasteiger partial charge in [-0.3, -0.25) is 14.9 Å². The molecule has 0 amide bonds. The number of hydrogen-bond donors (Lipinski definition) is 1. The number of rotatable bonds is 2. The predicted molar refractivity (Wildman–Crippen MR) is 71.3 cm³/mol. The molecule has 100 valence electrons. The van der Waals surface area contributed by atoms with Crippen LogP contribution in [0.15, 0.2) is 47.7 Å². The van der Waals surface area contributed by atoms with Crippen LogP contribution in [-0.2, 0) is 7.05 Å². The number of imidazole rings is 1. The molecular weight excluding hydrogens is 260 g/mol. The van der Waals surface area contributed by atoms with Crippen LogP contribution >= 0.6 is 0 Å². The Labute approximate surface area is 112 Å². The maximum Gasteiger partial charge on any atom is 0.352 e. The van der Waals surface area contributed by atoms with Gasteiger partial charge in [-0.15, -0.1) is 0 Å². The Morgan fingerprint density at radius 1 is 1.30 bits per heavy atom. The van der Waals surface area contributed by atoms with Gasteiger partial charge in [0.25, 0.3) is 5.69 Å². The zero-order valence-corrected chi connectivity index (χ0v) is 10.6. The van der Waals surface area contributed by atoms with E-state index in [-0.39, 0.29) is 11.2 Å². The molecule has 3 rings (SSSR count). The highest BCUT2D eigenvalue weighted by atomic mass is 16.6. The number of aryl methyl sites for hydroxylation is 1. The van der Waals surface area contributed by atoms with Crippen LogP contribution in [0.2, 0.25) is 0 Å². The van der Waals surface area contributed by atoms with Gasteiger partial charge >= 0.3 is 11.2 Å². The minimum absolute atomic E-state index is 0.0181. The van der Waals surface area contributed by atoms with E-state index in [2.05, 4.69) is 4.98 Å². The average Bonchev–Trinajstić information content (AvgIpc) is 2.81. The molecule has 0 saturated heterocycles. The summed E-state index contributed by atoms with van der Waals surface area (Å²) in [5.41, 5.74) is 1.65. The summed E-state index contributed by atoms with van der Waals surface area (Å²) < 4.78 is 3.44. The molecule has 1 N–H and O–H groups in total. The second-order valence-corrected chi connectivity index (χ2v) is 4.44. The monoisotopic (exact) mass is 271 g/mol. The van der Waals surface area contributed by atoms with E-state index in [1.54, 1.807) is 46.7 Å². The Balaban J connectivity index is 2.14. The van der Waals surface area contributed by atoms with E-state index in [0.717, 1.165) is 0 Å². The van der Waals surface area contributed by atoms with E-state index < -0.39 is 4.92 Å². The summed E-state index contributed by atoms with van der Waals surface area (Å²) in [7, 11) is 1.79. The van der Waals surface area contributed by atoms with Crippen molar-refractivity contribution >= 4 is 11.3 Å². The molecular formula is C13H11N4O3+. The Morgan fingerprint density at radius 2 is 2.00 bits per heavy atom. The van der Waals surface area contributed by atoms with Crippen LogP contribution in [0.3, 0.4) is 0 Å². The Bertz CT molecular complexity index is 861. The molecule has 20 heavy (non-hydrogen) atoms. The standard InChI is InChI=1S/C13H10N4O3/c1-15-6-7-16-8-11(14-12(18)13(15)16)9-2-4-10(5-3-9)17(19)20/h2-8H,1H3/p+1. The first-order chi connectivity index (χ1) is 9.56. The summed E-state index contributed by atoms with van der Waals surface area (Å²) in [5.74, 6) is 0. The quantitative estimate of drug-likeness (QED) is 0.429. The number of H-pyrrole nitrogens is 1. The Kier molecular flexibility index (Phi) is 2.60. The summed E-state index contributed by atoms with van der Waals surface area (Å²) in [5, 5.41) is 10.6. The van der Waals surface area contributed by atoms with E-state index in [9.17, 15) is 14.9 Å². The Morgan fingerprint density at radius 3 is 2.65 bits per heavy atom. The first-order valence-electron chi connectivity index (χ1n) is 5.91. The fraction of sp³-hybridized carbons (Fsp3) is 0.0769. The van der Waals surface area contributed by atoms with Crippen molar-refractivity contribution in [1.29, 1.82) is 0 Å². The van der Waals surface area contributed by atoms with Crippen molar-refractivity contribution in [3.05, 3.63) is 63.3 Å². The molecule has 2 heterocycles. The van der Waals surface area contributed by atoms with Crippen LogP contribution in [0.25, 0.3) is 16.9 Å². The topological polar surface area (TPSA) is 85.0 Å². The van der Waals surface area contributed by atoms with Crippen molar-refractivity contribution in [2.75, 3.05) is 0 Å². The highest BCUT2D eigenvalue weighted by Gasteiger charge is 2.14. The van der Waals surface area contributed by atoms with Gasteiger partial charge in [0.2, 0.25) is 0 Å². The lowest BCUT2D eigenvalue weighted by molar-refractivity contribution is -0.511. The van der Waals surface area contributed by atoms with E-state index >= 15 is 0 Å². The highest BCUT2D eigenvalue weighted by molar-refractivity contribution is 5.59. The second kappa shape index (κ2) is 4.30. The summed E-state index contributed by atoms with van der Waals surface area (Å²) >= 11 is 0. The van der Waals surface area contributed by atoms with Crippen molar-refractivity contribution in [3.8, 4) is 11.3 Å². The summed E-state index contributed by atoms with van der Waals surface area (Å²) in [6.07, 6.45) is 5.33. The zero-order valence-electron chi connectivity index (χ0n) is 10.6. The molecule has 0 radical (unpaired) electrons. The molecule has 1 aromatic carbocycles. The number of nitrogens with one attached hydrogen (secondary N) is 1. The van der Waals surface area contributed by atoms with Crippen LogP contribution in [-0.4, -0.2) is 14.5 Å². The normalized spacial score (nSPS) is 10.8. The average molecular weight is 271 g/mol. The third-order valence-electron chi connectivity index (χ3n) is 3.14. The molecule has 0 saturated carbocycles. The van der Waals surface area contributed by atoms with Gasteiger partial charge in [-0.05, 0) is 12.1 Å². The van der Waals surface area contributed by atoms with E-state index in [0.29, 0.717) is 16.9 Å². The number of non-ortho nitro benzene ring substituents is 1. The zero-order chi connectivity index (χ0) is 14.3. The van der Waals surface area contributed by atoms with E-state index in [1.165, 1.54) is 12.1 Å². The fourth-order valence-electron chi connectivity index (χ4n) is 2.14. The number of benzene rings is 1. The first-order valence-corrected chi connectivity index (χ1v) is 5.91. The molecule has 7 nitrogen and oxygen atoms in total. The van der Waals surface area contributed by atoms with Gasteiger partial charge in [0.1, 0.15) is 18.6 Å². The van der Waals surface area contributed by atoms with Gasteiger partial charge in [-0.2, -0.15) is 4.40 Å². The largest absolute Gasteiger partial charge is 0.352 e. The number of aromatic nitrogens is 3. The van der Waals surface area contributed by atoms with Gasteiger partial charge in [0, 0.05) is 17.7 Å². The van der Waals surface area contributed by atoms with Gasteiger partial charge in [-0.1, -0.05) is 0 Å². The minimum atomic E-state index is -0.457. The second-order valence-electron chi connectivity index (χ2n) is 4.44. The van der Waals surface area contributed by atoms with Gasteiger partial charge in [0.15, 0.2) is 0 Å². The molecule has 0 aliphatic heterocycles. The van der Waals surface area contributed by atoms with Crippen LogP contribution in [0, 0.1) is 10.1 Å². The Hall–Kier alpha value is -2.96. The molecule has 0 aliphatic rings. The molecule has 0 atom stereocenters. The smallest absolute Gasteiger partial charge is 0.312 e. The predicted octanol–water partition coefficient (Wildman–Crippen LogP) is 1.03. The lowest BCUT2D eigenvalue weighted by atomic mass is 10.1. The summed E-state index contributed by atoms with van der Waals surface area (Å²) in [6.45, 7) is 0. The van der Waals surface area contributed by atoms with E-state index in [4.69, 9.17) is 0 Å². The molecule has 2 aromatic heterocycles. The van der Waals surface area contributed by atoms with Gasteiger partial charge < -0.3 is 4.98 Å². The van der Waals surface area contributed by atoms with Crippen LogP contribution in [0.1, 0.15) is 0 Å².